The topological polar surface area (TPSA) is 90.0 Å². The van der Waals surface area contributed by atoms with E-state index in [2.05, 4.69) is 10.2 Å². The average Bonchev–Trinajstić information content (AvgIpc) is 2.88. The molecule has 8 nitrogen and oxygen atoms in total. The van der Waals surface area contributed by atoms with Gasteiger partial charge in [0.25, 0.3) is 10.0 Å². The van der Waals surface area contributed by atoms with E-state index in [-0.39, 0.29) is 23.0 Å². The first-order valence-electron chi connectivity index (χ1n) is 12.9. The molecule has 0 aliphatic carbocycles. The van der Waals surface area contributed by atoms with Crippen molar-refractivity contribution in [2.45, 2.75) is 38.1 Å². The number of fused-ring (bicyclic) bond motifs is 1. The Morgan fingerprint density at radius 2 is 1.56 bits per heavy atom. The zero-order valence-electron chi connectivity index (χ0n) is 22.1. The summed E-state index contributed by atoms with van der Waals surface area (Å²) in [6.45, 7) is 7.28. The van der Waals surface area contributed by atoms with Gasteiger partial charge in [-0.3, -0.25) is 13.9 Å². The maximum Gasteiger partial charge on any atom is 0.265 e. The average molecular weight is 551 g/mol. The number of benzene rings is 3. The maximum atomic E-state index is 14.2. The van der Waals surface area contributed by atoms with E-state index in [1.54, 1.807) is 67.3 Å². The Morgan fingerprint density at radius 3 is 2.21 bits per heavy atom. The van der Waals surface area contributed by atoms with Crippen molar-refractivity contribution in [3.8, 4) is 0 Å². The monoisotopic (exact) mass is 550 g/mol. The Bertz CT molecular complexity index is 1510. The quantitative estimate of drug-likeness (QED) is 0.519. The smallest absolute Gasteiger partial charge is 0.265 e. The van der Waals surface area contributed by atoms with E-state index in [1.807, 2.05) is 6.92 Å². The van der Waals surface area contributed by atoms with Crippen LogP contribution in [0.3, 0.4) is 0 Å². The van der Waals surface area contributed by atoms with Crippen LogP contribution >= 0.6 is 0 Å². The van der Waals surface area contributed by atoms with Gasteiger partial charge in [-0.05, 0) is 68.3 Å². The van der Waals surface area contributed by atoms with Crippen molar-refractivity contribution in [2.24, 2.45) is 0 Å². The highest BCUT2D eigenvalue weighted by molar-refractivity contribution is 7.93. The Hall–Kier alpha value is -3.92. The van der Waals surface area contributed by atoms with Crippen molar-refractivity contribution < 1.29 is 22.4 Å². The van der Waals surface area contributed by atoms with E-state index in [9.17, 15) is 22.4 Å². The third kappa shape index (κ3) is 5.08. The largest absolute Gasteiger partial charge is 0.368 e. The molecule has 1 saturated heterocycles. The number of hydrogen-bond donors (Lipinski definition) is 1. The number of nitrogens with one attached hydrogen (secondary N) is 1. The number of aryl methyl sites for hydroxylation is 3. The van der Waals surface area contributed by atoms with E-state index in [0.29, 0.717) is 48.7 Å². The molecule has 2 heterocycles. The molecule has 0 spiro atoms. The Balaban J connectivity index is 1.42. The molecule has 1 unspecified atom stereocenters. The molecule has 3 aromatic carbocycles. The highest BCUT2D eigenvalue weighted by atomic mass is 32.2. The van der Waals surface area contributed by atoms with Gasteiger partial charge in [0.1, 0.15) is 11.9 Å². The minimum absolute atomic E-state index is 0.142. The summed E-state index contributed by atoms with van der Waals surface area (Å²) in [7, 11) is -4.20. The van der Waals surface area contributed by atoms with Gasteiger partial charge in [0.15, 0.2) is 0 Å². The van der Waals surface area contributed by atoms with Gasteiger partial charge in [0.05, 0.1) is 22.7 Å². The maximum absolute atomic E-state index is 14.2. The van der Waals surface area contributed by atoms with Crippen LogP contribution in [-0.2, 0) is 19.6 Å². The van der Waals surface area contributed by atoms with Gasteiger partial charge in [0, 0.05) is 31.9 Å². The predicted molar refractivity (Wildman–Crippen MR) is 149 cm³/mol. The van der Waals surface area contributed by atoms with Crippen molar-refractivity contribution in [2.75, 3.05) is 40.7 Å². The number of amides is 2. The van der Waals surface area contributed by atoms with Crippen LogP contribution in [-0.4, -0.2) is 57.4 Å². The molecule has 0 aromatic heterocycles. The van der Waals surface area contributed by atoms with E-state index < -0.39 is 22.0 Å². The van der Waals surface area contributed by atoms with E-state index in [0.717, 1.165) is 15.6 Å². The van der Waals surface area contributed by atoms with E-state index in [4.69, 9.17) is 0 Å². The molecular formula is C29H31FN4O4S. The van der Waals surface area contributed by atoms with E-state index in [1.165, 1.54) is 12.1 Å². The van der Waals surface area contributed by atoms with Gasteiger partial charge in [-0.1, -0.05) is 29.8 Å². The van der Waals surface area contributed by atoms with Gasteiger partial charge < -0.3 is 15.1 Å². The number of para-hydroxylation sites is 2. The minimum atomic E-state index is -4.20. The van der Waals surface area contributed by atoms with Gasteiger partial charge in [0.2, 0.25) is 11.8 Å². The summed E-state index contributed by atoms with van der Waals surface area (Å²) >= 11 is 0. The van der Waals surface area contributed by atoms with Gasteiger partial charge in [-0.15, -0.1) is 0 Å². The summed E-state index contributed by atoms with van der Waals surface area (Å²) in [5.41, 5.74) is 3.68. The fourth-order valence-electron chi connectivity index (χ4n) is 5.57. The lowest BCUT2D eigenvalue weighted by Crippen LogP contribution is -2.55. The molecule has 2 aliphatic rings. The molecule has 0 radical (unpaired) electrons. The lowest BCUT2D eigenvalue weighted by molar-refractivity contribution is -0.133. The number of carbonyl (C=O) groups excluding carboxylic acids is 2. The zero-order chi connectivity index (χ0) is 27.9. The third-order valence-corrected chi connectivity index (χ3v) is 9.43. The lowest BCUT2D eigenvalue weighted by Gasteiger charge is -2.39. The van der Waals surface area contributed by atoms with Crippen LogP contribution < -0.4 is 14.5 Å². The molecule has 2 amide bonds. The summed E-state index contributed by atoms with van der Waals surface area (Å²) in [5, 5.41) is 2.79. The molecular weight excluding hydrogens is 519 g/mol. The molecule has 2 aliphatic heterocycles. The number of halogens is 1. The Labute approximate surface area is 228 Å². The van der Waals surface area contributed by atoms with Crippen molar-refractivity contribution in [1.29, 1.82) is 0 Å². The third-order valence-electron chi connectivity index (χ3n) is 7.30. The molecule has 1 fully saturated rings. The zero-order valence-corrected chi connectivity index (χ0v) is 23.0. The molecule has 1 N–H and O–H groups in total. The van der Waals surface area contributed by atoms with Crippen LogP contribution in [0.2, 0.25) is 0 Å². The van der Waals surface area contributed by atoms with Crippen LogP contribution in [0.25, 0.3) is 0 Å². The summed E-state index contributed by atoms with van der Waals surface area (Å²) in [5.74, 6) is -1.15. The van der Waals surface area contributed by atoms with Crippen LogP contribution in [0.15, 0.2) is 65.6 Å². The summed E-state index contributed by atoms with van der Waals surface area (Å²) in [4.78, 5) is 30.6. The second kappa shape index (κ2) is 10.3. The van der Waals surface area contributed by atoms with Crippen molar-refractivity contribution in [1.82, 2.24) is 4.90 Å². The van der Waals surface area contributed by atoms with Gasteiger partial charge in [-0.2, -0.15) is 0 Å². The molecule has 1 atom stereocenters. The van der Waals surface area contributed by atoms with Crippen molar-refractivity contribution >= 4 is 38.9 Å². The SMILES string of the molecule is Cc1cc(C)c(S(=O)(=O)N2c3ccccc3NC(=O)C2CC(=O)N2CCN(c3ccc(F)cc3)CC2)c(C)c1. The first kappa shape index (κ1) is 26.7. The second-order valence-electron chi connectivity index (χ2n) is 10.1. The van der Waals surface area contributed by atoms with Crippen LogP contribution in [0, 0.1) is 26.6 Å². The summed E-state index contributed by atoms with van der Waals surface area (Å²) in [6, 6.07) is 15.3. The predicted octanol–water partition coefficient (Wildman–Crippen LogP) is 4.01. The molecule has 204 valence electrons. The normalized spacial score (nSPS) is 17.6. The summed E-state index contributed by atoms with van der Waals surface area (Å²) < 4.78 is 42.9. The number of piperazine rings is 1. The van der Waals surface area contributed by atoms with Crippen molar-refractivity contribution in [3.05, 3.63) is 83.2 Å². The molecule has 39 heavy (non-hydrogen) atoms. The number of nitrogens with zero attached hydrogens (tertiary/aromatic N) is 3. The molecule has 10 heteroatoms. The minimum Gasteiger partial charge on any atom is -0.368 e. The number of sulfonamides is 1. The molecule has 5 rings (SSSR count). The fourth-order valence-corrected chi connectivity index (χ4v) is 7.62. The first-order valence-corrected chi connectivity index (χ1v) is 14.3. The van der Waals surface area contributed by atoms with Crippen LogP contribution in [0.5, 0.6) is 0 Å². The fraction of sp³-hybridized carbons (Fsp3) is 0.310. The van der Waals surface area contributed by atoms with Crippen LogP contribution in [0.1, 0.15) is 23.1 Å². The lowest BCUT2D eigenvalue weighted by atomic mass is 10.1. The number of carbonyl (C=O) groups is 2. The van der Waals surface area contributed by atoms with Gasteiger partial charge in [-0.25, -0.2) is 12.8 Å². The number of rotatable bonds is 5. The highest BCUT2D eigenvalue weighted by Crippen LogP contribution is 2.39. The highest BCUT2D eigenvalue weighted by Gasteiger charge is 2.43. The number of hydrogen-bond acceptors (Lipinski definition) is 5. The molecule has 0 saturated carbocycles. The summed E-state index contributed by atoms with van der Waals surface area (Å²) in [6.07, 6.45) is -0.292. The standard InChI is InChI=1S/C29H31FN4O4S/c1-19-16-20(2)28(21(3)17-19)39(37,38)34-25-7-5-4-6-24(25)31-29(36)26(34)18-27(35)33-14-12-32(13-15-33)23-10-8-22(30)9-11-23/h4-11,16-17,26H,12-15,18H2,1-3H3,(H,31,36). The molecule has 0 bridgehead atoms. The van der Waals surface area contributed by atoms with E-state index >= 15 is 0 Å². The van der Waals surface area contributed by atoms with Crippen LogP contribution in [0.4, 0.5) is 21.5 Å². The van der Waals surface area contributed by atoms with Gasteiger partial charge >= 0.3 is 0 Å². The van der Waals surface area contributed by atoms with Crippen molar-refractivity contribution in [3.63, 3.8) is 0 Å². The Kier molecular flexibility index (Phi) is 7.07. The first-order chi connectivity index (χ1) is 18.6. The molecule has 3 aromatic rings. The Morgan fingerprint density at radius 1 is 0.949 bits per heavy atom. The number of anilines is 3. The second-order valence-corrected chi connectivity index (χ2v) is 11.9.